The summed E-state index contributed by atoms with van der Waals surface area (Å²) in [6.45, 7) is 0. The third-order valence-electron chi connectivity index (χ3n) is 3.08. The van der Waals surface area contributed by atoms with E-state index >= 15 is 0 Å². The molecular formula is C14H7F2N3O3. The Morgan fingerprint density at radius 3 is 2.55 bits per heavy atom. The Balaban J connectivity index is 2.10. The summed E-state index contributed by atoms with van der Waals surface area (Å²) in [4.78, 5) is 26.0. The summed E-state index contributed by atoms with van der Waals surface area (Å²) in [6.07, 6.45) is 0. The molecule has 6 nitrogen and oxygen atoms in total. The fraction of sp³-hybridized carbons (Fsp3) is 0. The van der Waals surface area contributed by atoms with Crippen molar-refractivity contribution in [3.63, 3.8) is 0 Å². The minimum absolute atomic E-state index is 0.0309. The number of nitrogens with one attached hydrogen (secondary N) is 1. The Kier molecular flexibility index (Phi) is 3.13. The lowest BCUT2D eigenvalue weighted by atomic mass is 10.1. The maximum Gasteiger partial charge on any atom is 0.275 e. The number of aliphatic imine (C=N–C) groups is 1. The molecule has 0 aromatic heterocycles. The van der Waals surface area contributed by atoms with Gasteiger partial charge >= 0.3 is 0 Å². The van der Waals surface area contributed by atoms with Crippen LogP contribution < -0.4 is 5.32 Å². The molecule has 1 heterocycles. The largest absolute Gasteiger partial charge is 0.320 e. The van der Waals surface area contributed by atoms with Crippen molar-refractivity contribution in [2.45, 2.75) is 0 Å². The molecule has 1 aliphatic heterocycles. The summed E-state index contributed by atoms with van der Waals surface area (Å²) in [5, 5.41) is 13.3. The van der Waals surface area contributed by atoms with Crippen molar-refractivity contribution >= 4 is 28.7 Å². The van der Waals surface area contributed by atoms with Crippen molar-refractivity contribution < 1.29 is 18.5 Å². The number of nitro groups is 1. The number of anilines is 1. The Labute approximate surface area is 122 Å². The lowest BCUT2D eigenvalue weighted by Crippen LogP contribution is -2.13. The van der Waals surface area contributed by atoms with Gasteiger partial charge in [-0.3, -0.25) is 14.9 Å². The lowest BCUT2D eigenvalue weighted by Gasteiger charge is -1.99. The van der Waals surface area contributed by atoms with Crippen LogP contribution in [-0.4, -0.2) is 16.5 Å². The van der Waals surface area contributed by atoms with Crippen molar-refractivity contribution in [2.75, 3.05) is 5.32 Å². The van der Waals surface area contributed by atoms with Gasteiger partial charge in [-0.05, 0) is 18.2 Å². The minimum atomic E-state index is -1.10. The summed E-state index contributed by atoms with van der Waals surface area (Å²) in [5.41, 5.74) is 0.349. The number of amides is 1. The molecule has 0 saturated heterocycles. The van der Waals surface area contributed by atoms with Crippen molar-refractivity contribution in [3.8, 4) is 0 Å². The summed E-state index contributed by atoms with van der Waals surface area (Å²) in [7, 11) is 0. The summed E-state index contributed by atoms with van der Waals surface area (Å²) in [6, 6.07) is 6.76. The van der Waals surface area contributed by atoms with E-state index in [1.807, 2.05) is 0 Å². The molecule has 0 radical (unpaired) electrons. The van der Waals surface area contributed by atoms with Gasteiger partial charge in [-0.2, -0.15) is 0 Å². The first kappa shape index (κ1) is 13.8. The van der Waals surface area contributed by atoms with Gasteiger partial charge in [-0.25, -0.2) is 13.8 Å². The standard InChI is InChI=1S/C14H7F2N3O3/c15-10-3-1-7(5-11(10)16)17-13-9-6-8(19(21)22)2-4-12(9)18-14(13)20/h1-6H,(H,17,18,20). The second-order valence-electron chi connectivity index (χ2n) is 4.50. The van der Waals surface area contributed by atoms with Crippen LogP contribution in [-0.2, 0) is 4.79 Å². The predicted molar refractivity (Wildman–Crippen MR) is 74.3 cm³/mol. The Morgan fingerprint density at radius 2 is 1.86 bits per heavy atom. The highest BCUT2D eigenvalue weighted by Gasteiger charge is 2.28. The normalized spacial score (nSPS) is 14.8. The number of carbonyl (C=O) groups excluding carboxylic acids is 1. The number of nitro benzene ring substituents is 1. The van der Waals surface area contributed by atoms with Gasteiger partial charge in [0.2, 0.25) is 0 Å². The van der Waals surface area contributed by atoms with Gasteiger partial charge < -0.3 is 5.32 Å². The highest BCUT2D eigenvalue weighted by molar-refractivity contribution is 6.54. The fourth-order valence-corrected chi connectivity index (χ4v) is 2.05. The molecule has 2 aromatic carbocycles. The average molecular weight is 303 g/mol. The summed E-state index contributed by atoms with van der Waals surface area (Å²) < 4.78 is 26.1. The molecule has 2 aromatic rings. The average Bonchev–Trinajstić information content (AvgIpc) is 2.78. The van der Waals surface area contributed by atoms with E-state index in [0.717, 1.165) is 12.1 Å². The molecule has 0 aliphatic carbocycles. The molecule has 0 fully saturated rings. The van der Waals surface area contributed by atoms with Crippen LogP contribution in [0.15, 0.2) is 41.4 Å². The highest BCUT2D eigenvalue weighted by atomic mass is 19.2. The molecule has 0 atom stereocenters. The maximum atomic E-state index is 13.2. The molecule has 1 N–H and O–H groups in total. The number of rotatable bonds is 2. The Morgan fingerprint density at radius 1 is 1.09 bits per heavy atom. The number of benzene rings is 2. The first-order valence-electron chi connectivity index (χ1n) is 6.09. The van der Waals surface area contributed by atoms with Crippen molar-refractivity contribution in [3.05, 3.63) is 63.7 Å². The van der Waals surface area contributed by atoms with Gasteiger partial charge in [0.15, 0.2) is 11.6 Å². The molecule has 8 heteroatoms. The zero-order chi connectivity index (χ0) is 15.9. The first-order chi connectivity index (χ1) is 10.5. The van der Waals surface area contributed by atoms with E-state index < -0.39 is 22.5 Å². The topological polar surface area (TPSA) is 84.6 Å². The quantitative estimate of drug-likeness (QED) is 0.683. The predicted octanol–water partition coefficient (Wildman–Crippen LogP) is 2.95. The maximum absolute atomic E-state index is 13.2. The monoisotopic (exact) mass is 303 g/mol. The molecule has 22 heavy (non-hydrogen) atoms. The molecule has 0 saturated carbocycles. The van der Waals surface area contributed by atoms with Crippen LogP contribution in [0.1, 0.15) is 5.56 Å². The second-order valence-corrected chi connectivity index (χ2v) is 4.50. The molecular weight excluding hydrogens is 296 g/mol. The highest BCUT2D eigenvalue weighted by Crippen LogP contribution is 2.29. The molecule has 0 unspecified atom stereocenters. The number of hydrogen-bond acceptors (Lipinski definition) is 4. The summed E-state index contributed by atoms with van der Waals surface area (Å²) in [5.74, 6) is -2.70. The van der Waals surface area contributed by atoms with Gasteiger partial charge in [-0.15, -0.1) is 0 Å². The van der Waals surface area contributed by atoms with Crippen LogP contribution in [0.25, 0.3) is 0 Å². The molecule has 110 valence electrons. The SMILES string of the molecule is O=C1Nc2ccc([N+](=O)[O-])cc2C1=Nc1ccc(F)c(F)c1. The molecule has 0 spiro atoms. The molecule has 1 aliphatic rings. The van der Waals surface area contributed by atoms with Crippen LogP contribution in [0, 0.1) is 21.7 Å². The zero-order valence-electron chi connectivity index (χ0n) is 10.8. The van der Waals surface area contributed by atoms with Gasteiger partial charge in [0.1, 0.15) is 5.71 Å². The number of non-ortho nitro benzene ring substituents is 1. The van der Waals surface area contributed by atoms with E-state index in [1.165, 1.54) is 24.3 Å². The number of carbonyl (C=O) groups is 1. The van der Waals surface area contributed by atoms with E-state index in [4.69, 9.17) is 0 Å². The zero-order valence-corrected chi connectivity index (χ0v) is 10.8. The lowest BCUT2D eigenvalue weighted by molar-refractivity contribution is -0.384. The van der Waals surface area contributed by atoms with Crippen LogP contribution in [0.4, 0.5) is 25.8 Å². The number of fused-ring (bicyclic) bond motifs is 1. The van der Waals surface area contributed by atoms with Gasteiger partial charge in [0.05, 0.1) is 16.3 Å². The molecule has 3 rings (SSSR count). The van der Waals surface area contributed by atoms with E-state index in [2.05, 4.69) is 10.3 Å². The van der Waals surface area contributed by atoms with Crippen molar-refractivity contribution in [1.82, 2.24) is 0 Å². The van der Waals surface area contributed by atoms with Crippen LogP contribution >= 0.6 is 0 Å². The van der Waals surface area contributed by atoms with E-state index in [-0.39, 0.29) is 22.6 Å². The van der Waals surface area contributed by atoms with Crippen molar-refractivity contribution in [1.29, 1.82) is 0 Å². The van der Waals surface area contributed by atoms with E-state index in [0.29, 0.717) is 5.69 Å². The van der Waals surface area contributed by atoms with E-state index in [1.54, 1.807) is 0 Å². The van der Waals surface area contributed by atoms with Crippen LogP contribution in [0.5, 0.6) is 0 Å². The minimum Gasteiger partial charge on any atom is -0.320 e. The second kappa shape index (κ2) is 4.99. The fourth-order valence-electron chi connectivity index (χ4n) is 2.05. The van der Waals surface area contributed by atoms with E-state index in [9.17, 15) is 23.7 Å². The number of hydrogen-bond donors (Lipinski definition) is 1. The van der Waals surface area contributed by atoms with Crippen molar-refractivity contribution in [2.24, 2.45) is 4.99 Å². The van der Waals surface area contributed by atoms with Gasteiger partial charge in [0, 0.05) is 23.8 Å². The van der Waals surface area contributed by atoms with Gasteiger partial charge in [0.25, 0.3) is 11.6 Å². The Bertz CT molecular complexity index is 849. The smallest absolute Gasteiger partial charge is 0.275 e. The first-order valence-corrected chi connectivity index (χ1v) is 6.09. The Hall–Kier alpha value is -3.16. The van der Waals surface area contributed by atoms with Crippen LogP contribution in [0.3, 0.4) is 0 Å². The number of nitrogens with zero attached hydrogens (tertiary/aromatic N) is 2. The molecule has 0 bridgehead atoms. The summed E-state index contributed by atoms with van der Waals surface area (Å²) >= 11 is 0. The third kappa shape index (κ3) is 2.30. The third-order valence-corrected chi connectivity index (χ3v) is 3.08. The number of halogens is 2. The molecule has 1 amide bonds. The van der Waals surface area contributed by atoms with Gasteiger partial charge in [-0.1, -0.05) is 0 Å². The van der Waals surface area contributed by atoms with Crippen LogP contribution in [0.2, 0.25) is 0 Å².